The summed E-state index contributed by atoms with van der Waals surface area (Å²) in [5, 5.41) is 6.13. The van der Waals surface area contributed by atoms with E-state index in [0.717, 1.165) is 0 Å². The van der Waals surface area contributed by atoms with E-state index in [2.05, 4.69) is 15.6 Å². The Labute approximate surface area is 141 Å². The molecular formula is C17H23FN4O2. The number of piperidine rings is 1. The smallest absolute Gasteiger partial charge is 0.229 e. The minimum atomic E-state index is -0.290. The van der Waals surface area contributed by atoms with Gasteiger partial charge in [0.2, 0.25) is 11.8 Å². The summed E-state index contributed by atoms with van der Waals surface area (Å²) in [5.74, 6) is -0.0121. The number of benzene rings is 1. The highest BCUT2D eigenvalue weighted by molar-refractivity contribution is 5.97. The van der Waals surface area contributed by atoms with E-state index in [-0.39, 0.29) is 24.2 Å². The Morgan fingerprint density at radius 3 is 2.58 bits per heavy atom. The molecule has 1 heterocycles. The van der Waals surface area contributed by atoms with Crippen LogP contribution in [-0.2, 0) is 16.1 Å². The molecule has 2 rings (SSSR count). The van der Waals surface area contributed by atoms with Crippen molar-refractivity contribution < 1.29 is 14.0 Å². The van der Waals surface area contributed by atoms with E-state index in [1.165, 1.54) is 11.0 Å². The number of hydrogen-bond donors (Lipinski definition) is 2. The van der Waals surface area contributed by atoms with Crippen LogP contribution in [-0.4, -0.2) is 42.3 Å². The van der Waals surface area contributed by atoms with Crippen LogP contribution in [0.25, 0.3) is 0 Å². The second kappa shape index (κ2) is 9.00. The number of guanidine groups is 1. The fourth-order valence-corrected chi connectivity index (χ4v) is 2.47. The van der Waals surface area contributed by atoms with Crippen molar-refractivity contribution in [3.05, 3.63) is 35.6 Å². The summed E-state index contributed by atoms with van der Waals surface area (Å²) in [7, 11) is 0. The van der Waals surface area contributed by atoms with Crippen LogP contribution in [0.3, 0.4) is 0 Å². The van der Waals surface area contributed by atoms with Crippen LogP contribution in [0.2, 0.25) is 0 Å². The van der Waals surface area contributed by atoms with Crippen molar-refractivity contribution in [3.8, 4) is 0 Å². The number of nitrogens with zero attached hydrogens (tertiary/aromatic N) is 2. The van der Waals surface area contributed by atoms with Crippen LogP contribution >= 0.6 is 0 Å². The molecule has 130 valence electrons. The summed E-state index contributed by atoms with van der Waals surface area (Å²) < 4.78 is 13.6. The monoisotopic (exact) mass is 334 g/mol. The molecule has 0 unspecified atom stereocenters. The van der Waals surface area contributed by atoms with Crippen molar-refractivity contribution in [1.82, 2.24) is 15.5 Å². The van der Waals surface area contributed by atoms with Gasteiger partial charge in [-0.2, -0.15) is 0 Å². The lowest BCUT2D eigenvalue weighted by Gasteiger charge is -2.25. The Balaban J connectivity index is 1.88. The summed E-state index contributed by atoms with van der Waals surface area (Å²) in [6.07, 6.45) is 1.48. The van der Waals surface area contributed by atoms with Gasteiger partial charge in [-0.25, -0.2) is 9.38 Å². The first kappa shape index (κ1) is 17.9. The van der Waals surface area contributed by atoms with Crippen LogP contribution in [0.15, 0.2) is 29.3 Å². The first-order valence-electron chi connectivity index (χ1n) is 8.20. The fourth-order valence-electron chi connectivity index (χ4n) is 2.47. The molecule has 1 saturated heterocycles. The second-order valence-electron chi connectivity index (χ2n) is 5.51. The van der Waals surface area contributed by atoms with Crippen molar-refractivity contribution >= 4 is 17.8 Å². The van der Waals surface area contributed by atoms with Gasteiger partial charge in [-0.3, -0.25) is 14.5 Å². The Bertz CT molecular complexity index is 602. The Kier molecular flexibility index (Phi) is 6.72. The van der Waals surface area contributed by atoms with E-state index >= 15 is 0 Å². The maximum atomic E-state index is 13.6. The molecule has 1 aliphatic rings. The third kappa shape index (κ3) is 5.04. The first-order valence-corrected chi connectivity index (χ1v) is 8.20. The average molecular weight is 334 g/mol. The highest BCUT2D eigenvalue weighted by atomic mass is 19.1. The molecule has 0 atom stereocenters. The molecule has 0 radical (unpaired) electrons. The lowest BCUT2D eigenvalue weighted by Crippen LogP contribution is -2.46. The molecule has 7 heteroatoms. The molecule has 0 bridgehead atoms. The number of likely N-dealkylation sites (tertiary alicyclic amines) is 1. The van der Waals surface area contributed by atoms with Crippen molar-refractivity contribution in [1.29, 1.82) is 0 Å². The van der Waals surface area contributed by atoms with Gasteiger partial charge in [0.15, 0.2) is 5.96 Å². The number of imide groups is 1. The van der Waals surface area contributed by atoms with Crippen LogP contribution < -0.4 is 10.6 Å². The largest absolute Gasteiger partial charge is 0.357 e. The van der Waals surface area contributed by atoms with Gasteiger partial charge < -0.3 is 10.6 Å². The molecule has 0 aliphatic carbocycles. The first-order chi connectivity index (χ1) is 11.6. The molecule has 2 amide bonds. The Morgan fingerprint density at radius 2 is 1.92 bits per heavy atom. The topological polar surface area (TPSA) is 73.8 Å². The normalized spacial score (nSPS) is 15.6. The van der Waals surface area contributed by atoms with Crippen molar-refractivity contribution in [2.24, 2.45) is 4.99 Å². The molecule has 1 aliphatic heterocycles. The number of rotatable bonds is 6. The minimum absolute atomic E-state index is 0.124. The van der Waals surface area contributed by atoms with Crippen LogP contribution in [0.1, 0.15) is 31.7 Å². The highest BCUT2D eigenvalue weighted by Crippen LogP contribution is 2.11. The predicted octanol–water partition coefficient (Wildman–Crippen LogP) is 1.42. The van der Waals surface area contributed by atoms with Gasteiger partial charge >= 0.3 is 0 Å². The van der Waals surface area contributed by atoms with Crippen LogP contribution in [0.4, 0.5) is 4.39 Å². The third-order valence-corrected chi connectivity index (χ3v) is 3.72. The summed E-state index contributed by atoms with van der Waals surface area (Å²) in [5.41, 5.74) is 0.510. The van der Waals surface area contributed by atoms with E-state index in [4.69, 9.17) is 0 Å². The molecule has 6 nitrogen and oxygen atoms in total. The molecule has 0 spiro atoms. The number of hydrogen-bond acceptors (Lipinski definition) is 3. The summed E-state index contributed by atoms with van der Waals surface area (Å²) in [6.45, 7) is 3.51. The minimum Gasteiger partial charge on any atom is -0.357 e. The third-order valence-electron chi connectivity index (χ3n) is 3.72. The SMILES string of the molecule is CCNC(=NCc1ccccc1F)NCCN1C(=O)CCCC1=O. The van der Waals surface area contributed by atoms with Gasteiger partial charge in [0.1, 0.15) is 5.82 Å². The maximum absolute atomic E-state index is 13.6. The van der Waals surface area contributed by atoms with Crippen LogP contribution in [0, 0.1) is 5.82 Å². The zero-order valence-corrected chi connectivity index (χ0v) is 13.8. The number of nitrogens with one attached hydrogen (secondary N) is 2. The van der Waals surface area contributed by atoms with E-state index in [1.54, 1.807) is 18.2 Å². The lowest BCUT2D eigenvalue weighted by atomic mass is 10.1. The predicted molar refractivity (Wildman–Crippen MR) is 89.8 cm³/mol. The van der Waals surface area contributed by atoms with E-state index in [0.29, 0.717) is 50.4 Å². The molecule has 2 N–H and O–H groups in total. The van der Waals surface area contributed by atoms with Gasteiger partial charge in [-0.05, 0) is 19.4 Å². The second-order valence-corrected chi connectivity index (χ2v) is 5.51. The van der Waals surface area contributed by atoms with Crippen molar-refractivity contribution in [2.75, 3.05) is 19.6 Å². The van der Waals surface area contributed by atoms with Crippen molar-refractivity contribution in [2.45, 2.75) is 32.7 Å². The molecule has 0 aromatic heterocycles. The van der Waals surface area contributed by atoms with E-state index in [9.17, 15) is 14.0 Å². The number of carbonyl (C=O) groups is 2. The molecule has 24 heavy (non-hydrogen) atoms. The summed E-state index contributed by atoms with van der Waals surface area (Å²) >= 11 is 0. The Morgan fingerprint density at radius 1 is 1.21 bits per heavy atom. The Hall–Kier alpha value is -2.44. The van der Waals surface area contributed by atoms with Crippen molar-refractivity contribution in [3.63, 3.8) is 0 Å². The van der Waals surface area contributed by atoms with Gasteiger partial charge in [0.05, 0.1) is 6.54 Å². The summed E-state index contributed by atoms with van der Waals surface area (Å²) in [6, 6.07) is 6.49. The number of halogens is 1. The molecule has 1 fully saturated rings. The average Bonchev–Trinajstić information content (AvgIpc) is 2.56. The standard InChI is InChI=1S/C17H23FN4O2/c1-2-19-17(21-12-13-6-3-4-7-14(13)18)20-10-11-22-15(23)8-5-9-16(22)24/h3-4,6-7H,2,5,8-12H2,1H3,(H2,19,20,21). The molecular weight excluding hydrogens is 311 g/mol. The highest BCUT2D eigenvalue weighted by Gasteiger charge is 2.25. The van der Waals surface area contributed by atoms with Gasteiger partial charge in [-0.1, -0.05) is 18.2 Å². The lowest BCUT2D eigenvalue weighted by molar-refractivity contribution is -0.147. The van der Waals surface area contributed by atoms with Gasteiger partial charge in [0.25, 0.3) is 0 Å². The van der Waals surface area contributed by atoms with Gasteiger partial charge in [0, 0.05) is 38.0 Å². The quantitative estimate of drug-likeness (QED) is 0.469. The molecule has 0 saturated carbocycles. The zero-order valence-electron chi connectivity index (χ0n) is 13.8. The summed E-state index contributed by atoms with van der Waals surface area (Å²) in [4.78, 5) is 29.1. The fraction of sp³-hybridized carbons (Fsp3) is 0.471. The van der Waals surface area contributed by atoms with Crippen LogP contribution in [0.5, 0.6) is 0 Å². The molecule has 1 aromatic rings. The maximum Gasteiger partial charge on any atom is 0.229 e. The van der Waals surface area contributed by atoms with E-state index in [1.807, 2.05) is 6.92 Å². The van der Waals surface area contributed by atoms with Gasteiger partial charge in [-0.15, -0.1) is 0 Å². The molecule has 1 aromatic carbocycles. The number of carbonyl (C=O) groups excluding carboxylic acids is 2. The van der Waals surface area contributed by atoms with E-state index < -0.39 is 0 Å². The zero-order chi connectivity index (χ0) is 17.4. The number of aliphatic imine (C=N–C) groups is 1. The number of amides is 2.